The molecule has 0 atom stereocenters. The molecule has 7 nitrogen and oxygen atoms in total. The number of anilines is 1. The van der Waals surface area contributed by atoms with Crippen molar-refractivity contribution in [1.29, 1.82) is 0 Å². The lowest BCUT2D eigenvalue weighted by molar-refractivity contribution is -0.120. The Bertz CT molecular complexity index is 1340. The first-order chi connectivity index (χ1) is 15.2. The van der Waals surface area contributed by atoms with Gasteiger partial charge in [-0.15, -0.1) is 11.3 Å². The van der Waals surface area contributed by atoms with Crippen molar-refractivity contribution in [2.24, 2.45) is 5.41 Å². The number of ketones is 1. The van der Waals surface area contributed by atoms with Crippen molar-refractivity contribution in [3.8, 4) is 11.5 Å². The van der Waals surface area contributed by atoms with E-state index in [-0.39, 0.29) is 30.6 Å². The van der Waals surface area contributed by atoms with Gasteiger partial charge < -0.3 is 14.8 Å². The number of carbonyl (C=O) groups excluding carboxylic acids is 2. The molecule has 9 heteroatoms. The molecule has 3 heterocycles. The number of thiophene rings is 1. The maximum absolute atomic E-state index is 13.1. The Morgan fingerprint density at radius 2 is 1.97 bits per heavy atom. The van der Waals surface area contributed by atoms with Gasteiger partial charge in [0, 0.05) is 23.2 Å². The fourth-order valence-corrected chi connectivity index (χ4v) is 4.61. The monoisotopic (exact) mass is 470 g/mol. The Balaban J connectivity index is 1.68. The van der Waals surface area contributed by atoms with Crippen LogP contribution in [-0.4, -0.2) is 23.1 Å². The van der Waals surface area contributed by atoms with E-state index >= 15 is 0 Å². The molecule has 0 saturated heterocycles. The topological polar surface area (TPSA) is 86.6 Å². The van der Waals surface area contributed by atoms with Gasteiger partial charge in [0.2, 0.25) is 12.7 Å². The molecule has 1 aliphatic rings. The van der Waals surface area contributed by atoms with Crippen LogP contribution in [0.1, 0.15) is 26.3 Å². The maximum Gasteiger partial charge on any atom is 0.269 e. The van der Waals surface area contributed by atoms with E-state index in [1.165, 1.54) is 33.3 Å². The van der Waals surface area contributed by atoms with Crippen LogP contribution in [0.3, 0.4) is 0 Å². The lowest BCUT2D eigenvalue weighted by Gasteiger charge is -2.13. The lowest BCUT2D eigenvalue weighted by Crippen LogP contribution is -2.36. The third-order valence-corrected chi connectivity index (χ3v) is 6.49. The summed E-state index contributed by atoms with van der Waals surface area (Å²) in [6, 6.07) is 6.99. The summed E-state index contributed by atoms with van der Waals surface area (Å²) in [7, 11) is 0. The van der Waals surface area contributed by atoms with Gasteiger partial charge in [-0.2, -0.15) is 11.3 Å². The maximum atomic E-state index is 13.1. The van der Waals surface area contributed by atoms with Gasteiger partial charge in [-0.25, -0.2) is 0 Å². The molecule has 4 rings (SSSR count). The Morgan fingerprint density at radius 3 is 2.69 bits per heavy atom. The van der Waals surface area contributed by atoms with Gasteiger partial charge in [0.05, 0.1) is 4.53 Å². The number of benzene rings is 1. The van der Waals surface area contributed by atoms with Crippen LogP contribution in [0.4, 0.5) is 5.69 Å². The Morgan fingerprint density at radius 1 is 1.19 bits per heavy atom. The van der Waals surface area contributed by atoms with Gasteiger partial charge in [-0.1, -0.05) is 20.8 Å². The molecule has 0 unspecified atom stereocenters. The molecule has 0 saturated carbocycles. The molecule has 0 radical (unpaired) electrons. The summed E-state index contributed by atoms with van der Waals surface area (Å²) in [5, 5.41) is 6.63. The number of hydrogen-bond donors (Lipinski definition) is 1. The summed E-state index contributed by atoms with van der Waals surface area (Å²) in [5.74, 6) is 0.658. The van der Waals surface area contributed by atoms with E-state index in [0.29, 0.717) is 26.4 Å². The Kier molecular flexibility index (Phi) is 6.03. The van der Waals surface area contributed by atoms with Crippen LogP contribution in [0.5, 0.6) is 11.5 Å². The minimum Gasteiger partial charge on any atom is -0.454 e. The van der Waals surface area contributed by atoms with Crippen molar-refractivity contribution in [3.05, 3.63) is 60.1 Å². The van der Waals surface area contributed by atoms with Gasteiger partial charge in [0.25, 0.3) is 5.56 Å². The molecule has 0 spiro atoms. The van der Waals surface area contributed by atoms with E-state index in [2.05, 4.69) is 5.32 Å². The number of nitrogens with one attached hydrogen (secondary N) is 1. The van der Waals surface area contributed by atoms with E-state index < -0.39 is 5.41 Å². The standard InChI is InChI=1S/C23H22N2O5S2/c1-23(2,3)19(26)10-21-25(22(28)18(32-21)8-14-6-7-31-12-14)11-20(27)24-15-4-5-16-17(9-15)30-13-29-16/h4-10,12H,11,13H2,1-3H3,(H,24,27)/b18-8-,21-10-. The van der Waals surface area contributed by atoms with E-state index in [4.69, 9.17) is 9.47 Å². The number of carbonyl (C=O) groups is 2. The van der Waals surface area contributed by atoms with Crippen molar-refractivity contribution >= 4 is 52.2 Å². The van der Waals surface area contributed by atoms with Crippen LogP contribution in [0, 0.1) is 5.41 Å². The number of fused-ring (bicyclic) bond motifs is 1. The second-order valence-corrected chi connectivity index (χ2v) is 10.1. The predicted molar refractivity (Wildman–Crippen MR) is 126 cm³/mol. The molecule has 0 bridgehead atoms. The van der Waals surface area contributed by atoms with Crippen molar-refractivity contribution in [2.45, 2.75) is 27.3 Å². The molecule has 32 heavy (non-hydrogen) atoms. The Labute approximate surface area is 192 Å². The van der Waals surface area contributed by atoms with Crippen LogP contribution in [-0.2, 0) is 16.1 Å². The minimum absolute atomic E-state index is 0.120. The molecule has 3 aromatic rings. The molecule has 1 N–H and O–H groups in total. The van der Waals surface area contributed by atoms with Crippen LogP contribution >= 0.6 is 22.7 Å². The van der Waals surface area contributed by atoms with Crippen molar-refractivity contribution in [3.63, 3.8) is 0 Å². The highest BCUT2D eigenvalue weighted by Gasteiger charge is 2.20. The van der Waals surface area contributed by atoms with Crippen LogP contribution < -0.4 is 29.5 Å². The van der Waals surface area contributed by atoms with E-state index in [1.54, 1.807) is 24.3 Å². The van der Waals surface area contributed by atoms with Crippen molar-refractivity contribution in [1.82, 2.24) is 4.57 Å². The second-order valence-electron chi connectivity index (χ2n) is 8.27. The van der Waals surface area contributed by atoms with Gasteiger partial charge >= 0.3 is 0 Å². The fraction of sp³-hybridized carbons (Fsp3) is 0.261. The first-order valence-electron chi connectivity index (χ1n) is 9.90. The third-order valence-electron chi connectivity index (χ3n) is 4.73. The van der Waals surface area contributed by atoms with Gasteiger partial charge in [-0.3, -0.25) is 19.0 Å². The highest BCUT2D eigenvalue weighted by molar-refractivity contribution is 7.08. The number of amides is 1. The summed E-state index contributed by atoms with van der Waals surface area (Å²) in [6.45, 7) is 5.36. The average Bonchev–Trinajstić information content (AvgIpc) is 3.45. The van der Waals surface area contributed by atoms with Crippen molar-refractivity contribution < 1.29 is 19.1 Å². The normalized spacial score (nSPS) is 14.1. The number of ether oxygens (including phenoxy) is 2. The van der Waals surface area contributed by atoms with E-state index in [0.717, 1.165) is 5.56 Å². The molecule has 1 amide bonds. The lowest BCUT2D eigenvalue weighted by atomic mass is 9.91. The minimum atomic E-state index is -0.600. The Hall–Kier alpha value is -3.17. The first kappa shape index (κ1) is 22.0. The van der Waals surface area contributed by atoms with E-state index in [9.17, 15) is 14.4 Å². The molecule has 166 valence electrons. The number of hydrogen-bond acceptors (Lipinski definition) is 7. The summed E-state index contributed by atoms with van der Waals surface area (Å²) < 4.78 is 12.9. The molecular formula is C23H22N2O5S2. The van der Waals surface area contributed by atoms with Crippen molar-refractivity contribution in [2.75, 3.05) is 12.1 Å². The van der Waals surface area contributed by atoms with Gasteiger partial charge in [-0.05, 0) is 40.6 Å². The molecule has 2 aromatic heterocycles. The highest BCUT2D eigenvalue weighted by atomic mass is 32.1. The molecule has 0 fully saturated rings. The van der Waals surface area contributed by atoms with Crippen LogP contribution in [0.15, 0.2) is 39.8 Å². The largest absolute Gasteiger partial charge is 0.454 e. The summed E-state index contributed by atoms with van der Waals surface area (Å²) in [5.41, 5.74) is 0.523. The smallest absolute Gasteiger partial charge is 0.269 e. The van der Waals surface area contributed by atoms with Gasteiger partial charge in [0.1, 0.15) is 11.2 Å². The molecule has 1 aromatic carbocycles. The zero-order valence-electron chi connectivity index (χ0n) is 17.8. The molecule has 1 aliphatic heterocycles. The predicted octanol–water partition coefficient (Wildman–Crippen LogP) is 2.56. The number of aromatic nitrogens is 1. The average molecular weight is 471 g/mol. The van der Waals surface area contributed by atoms with Crippen LogP contribution in [0.25, 0.3) is 12.2 Å². The summed E-state index contributed by atoms with van der Waals surface area (Å²) in [4.78, 5) is 38.4. The quantitative estimate of drug-likeness (QED) is 0.619. The van der Waals surface area contributed by atoms with Gasteiger partial charge in [0.15, 0.2) is 17.3 Å². The summed E-state index contributed by atoms with van der Waals surface area (Å²) in [6.07, 6.45) is 3.22. The number of nitrogens with zero attached hydrogens (tertiary/aromatic N) is 1. The van der Waals surface area contributed by atoms with E-state index in [1.807, 2.05) is 37.6 Å². The number of rotatable bonds is 5. The zero-order valence-corrected chi connectivity index (χ0v) is 19.5. The number of Topliss-reactive ketones (excluding diaryl/α,β-unsaturated/α-hetero) is 1. The SMILES string of the molecule is CC(C)(C)C(=O)/C=c1\s/c(=C\c2ccsc2)c(=O)n1CC(=O)Nc1ccc2c(c1)OCO2. The molecular weight excluding hydrogens is 448 g/mol. The number of thiazole rings is 1. The zero-order chi connectivity index (χ0) is 22.9. The summed E-state index contributed by atoms with van der Waals surface area (Å²) >= 11 is 2.73. The van der Waals surface area contributed by atoms with Crippen LogP contribution in [0.2, 0.25) is 0 Å². The fourth-order valence-electron chi connectivity index (χ4n) is 2.95. The highest BCUT2D eigenvalue weighted by Crippen LogP contribution is 2.34. The molecule has 0 aliphatic carbocycles. The third kappa shape index (κ3) is 4.84. The first-order valence-corrected chi connectivity index (χ1v) is 11.7. The second kappa shape index (κ2) is 8.76.